The molecule has 0 rings (SSSR count). The summed E-state index contributed by atoms with van der Waals surface area (Å²) in [4.78, 5) is 10.2. The van der Waals surface area contributed by atoms with Gasteiger partial charge in [0.25, 0.3) is 0 Å². The van der Waals surface area contributed by atoms with E-state index in [4.69, 9.17) is 0 Å². The van der Waals surface area contributed by atoms with E-state index in [1.807, 2.05) is 6.92 Å². The second-order valence-corrected chi connectivity index (χ2v) is 1.73. The molecule has 0 aromatic carbocycles. The molecule has 3 nitrogen and oxygen atoms in total. The van der Waals surface area contributed by atoms with Crippen molar-refractivity contribution in [3.63, 3.8) is 0 Å². The Kier molecular flexibility index (Phi) is 3.39. The molecule has 0 aromatic heterocycles. The van der Waals surface area contributed by atoms with E-state index in [1.54, 1.807) is 0 Å². The minimum absolute atomic E-state index is 0.257. The van der Waals surface area contributed by atoms with E-state index in [2.05, 4.69) is 0 Å². The zero-order valence-corrected chi connectivity index (χ0v) is 5.23. The predicted octanol–water partition coefficient (Wildman–Crippen LogP) is -0.674. The Hall–Kier alpha value is -0.410. The number of carbonyl (C=O) groups is 1. The topological polar surface area (TPSA) is 44.6 Å². The molecule has 0 radical (unpaired) electrons. The summed E-state index contributed by atoms with van der Waals surface area (Å²) in [5.41, 5.74) is 0. The van der Waals surface area contributed by atoms with Crippen LogP contribution < -0.4 is 5.06 Å². The Morgan fingerprint density at radius 3 is 2.38 bits per heavy atom. The van der Waals surface area contributed by atoms with Crippen LogP contribution in [0.2, 0.25) is 0 Å². The number of carbonyl (C=O) groups excluding carboxylic acids is 1. The van der Waals surface area contributed by atoms with Crippen LogP contribution in [0.4, 0.5) is 0 Å². The van der Waals surface area contributed by atoms with Crippen LogP contribution in [0.1, 0.15) is 20.3 Å². The molecule has 1 atom stereocenters. The number of nitrogens with one attached hydrogen (secondary N) is 1. The Balaban J connectivity index is 3.32. The van der Waals surface area contributed by atoms with E-state index in [0.717, 1.165) is 6.42 Å². The third kappa shape index (κ3) is 2.71. The second-order valence-electron chi connectivity index (χ2n) is 1.73. The minimum atomic E-state index is -0.327. The number of hydrogen-bond acceptors (Lipinski definition) is 2. The molecule has 0 aromatic rings. The van der Waals surface area contributed by atoms with Crippen LogP contribution in [0, 0.1) is 5.21 Å². The average Bonchev–Trinajstić information content (AvgIpc) is 1.67. The van der Waals surface area contributed by atoms with Crippen molar-refractivity contribution in [2.24, 2.45) is 0 Å². The molecular weight excluding hydrogens is 106 g/mol. The SMILES string of the molecule is CCC[NH+]([O-])C(C)=O. The standard InChI is InChI=1S/C5H11NO2/c1-3-4-6(8)5(2)7/h6H,3-4H2,1-2H3. The molecule has 1 amide bonds. The van der Waals surface area contributed by atoms with Crippen LogP contribution in [0.3, 0.4) is 0 Å². The average molecular weight is 117 g/mol. The van der Waals surface area contributed by atoms with Gasteiger partial charge in [0.15, 0.2) is 0 Å². The third-order valence-electron chi connectivity index (χ3n) is 0.870. The maximum Gasteiger partial charge on any atom is 0.308 e. The van der Waals surface area contributed by atoms with Gasteiger partial charge in [-0.2, -0.15) is 0 Å². The van der Waals surface area contributed by atoms with Gasteiger partial charge in [0.1, 0.15) is 0 Å². The lowest BCUT2D eigenvalue weighted by Gasteiger charge is -2.15. The lowest BCUT2D eigenvalue weighted by atomic mass is 10.5. The van der Waals surface area contributed by atoms with Gasteiger partial charge in [-0.25, -0.2) is 4.79 Å². The maximum absolute atomic E-state index is 10.4. The van der Waals surface area contributed by atoms with E-state index < -0.39 is 0 Å². The van der Waals surface area contributed by atoms with Crippen molar-refractivity contribution in [1.29, 1.82) is 0 Å². The minimum Gasteiger partial charge on any atom is -0.627 e. The molecule has 48 valence electrons. The predicted molar refractivity (Wildman–Crippen MR) is 30.2 cm³/mol. The Morgan fingerprint density at radius 1 is 1.75 bits per heavy atom. The van der Waals surface area contributed by atoms with E-state index in [9.17, 15) is 10.0 Å². The number of quaternary nitrogens is 1. The molecule has 8 heavy (non-hydrogen) atoms. The van der Waals surface area contributed by atoms with Gasteiger partial charge >= 0.3 is 5.91 Å². The molecule has 0 bridgehead atoms. The number of rotatable bonds is 2. The summed E-state index contributed by atoms with van der Waals surface area (Å²) in [6.07, 6.45) is 0.762. The second kappa shape index (κ2) is 3.57. The lowest BCUT2D eigenvalue weighted by molar-refractivity contribution is -0.764. The summed E-state index contributed by atoms with van der Waals surface area (Å²) >= 11 is 0. The fraction of sp³-hybridized carbons (Fsp3) is 0.800. The van der Waals surface area contributed by atoms with Gasteiger partial charge in [-0.15, -0.1) is 0 Å². The van der Waals surface area contributed by atoms with Crippen molar-refractivity contribution in [3.05, 3.63) is 5.21 Å². The molecule has 0 spiro atoms. The van der Waals surface area contributed by atoms with Gasteiger partial charge in [0.05, 0.1) is 13.5 Å². The molecule has 0 heterocycles. The van der Waals surface area contributed by atoms with Gasteiger partial charge in [0.2, 0.25) is 0 Å². The summed E-state index contributed by atoms with van der Waals surface area (Å²) in [6.45, 7) is 3.58. The zero-order valence-electron chi connectivity index (χ0n) is 5.23. The quantitative estimate of drug-likeness (QED) is 0.487. The summed E-state index contributed by atoms with van der Waals surface area (Å²) < 4.78 is 0. The van der Waals surface area contributed by atoms with E-state index in [1.165, 1.54) is 6.92 Å². The largest absolute Gasteiger partial charge is 0.627 e. The highest BCUT2D eigenvalue weighted by Crippen LogP contribution is 1.61. The third-order valence-corrected chi connectivity index (χ3v) is 0.870. The first-order chi connectivity index (χ1) is 3.68. The summed E-state index contributed by atoms with van der Waals surface area (Å²) in [5, 5.41) is 10.1. The summed E-state index contributed by atoms with van der Waals surface area (Å²) in [6, 6.07) is 0. The van der Waals surface area contributed by atoms with Crippen LogP contribution in [0.25, 0.3) is 0 Å². The van der Waals surface area contributed by atoms with Crippen molar-refractivity contribution in [2.45, 2.75) is 20.3 Å². The Morgan fingerprint density at radius 2 is 2.25 bits per heavy atom. The fourth-order valence-corrected chi connectivity index (χ4v) is 0.403. The van der Waals surface area contributed by atoms with Crippen LogP contribution in [-0.4, -0.2) is 12.5 Å². The van der Waals surface area contributed by atoms with Gasteiger partial charge in [0, 0.05) is 0 Å². The Bertz CT molecular complexity index is 82.5. The molecular formula is C5H11NO2. The van der Waals surface area contributed by atoms with Crippen molar-refractivity contribution in [3.8, 4) is 0 Å². The van der Waals surface area contributed by atoms with Crippen molar-refractivity contribution >= 4 is 5.91 Å². The first-order valence-corrected chi connectivity index (χ1v) is 2.72. The molecule has 0 aliphatic carbocycles. The molecule has 1 unspecified atom stereocenters. The van der Waals surface area contributed by atoms with Crippen molar-refractivity contribution in [1.82, 2.24) is 0 Å². The van der Waals surface area contributed by atoms with Crippen LogP contribution in [0.5, 0.6) is 0 Å². The first-order valence-electron chi connectivity index (χ1n) is 2.72. The van der Waals surface area contributed by atoms with Gasteiger partial charge in [-0.3, -0.25) is 0 Å². The number of hydrogen-bond donors (Lipinski definition) is 1. The molecule has 0 aliphatic rings. The lowest BCUT2D eigenvalue weighted by Crippen LogP contribution is -3.09. The fourth-order valence-electron chi connectivity index (χ4n) is 0.403. The van der Waals surface area contributed by atoms with Crippen LogP contribution in [0.15, 0.2) is 0 Å². The zero-order chi connectivity index (χ0) is 6.57. The van der Waals surface area contributed by atoms with Gasteiger partial charge < -0.3 is 10.3 Å². The Labute approximate surface area is 48.9 Å². The van der Waals surface area contributed by atoms with Crippen molar-refractivity contribution in [2.75, 3.05) is 6.54 Å². The van der Waals surface area contributed by atoms with Gasteiger partial charge in [-0.05, 0) is 6.42 Å². The highest BCUT2D eigenvalue weighted by atomic mass is 16.5. The monoisotopic (exact) mass is 117 g/mol. The van der Waals surface area contributed by atoms with Crippen LogP contribution >= 0.6 is 0 Å². The normalized spacial score (nSPS) is 13.4. The summed E-state index contributed by atoms with van der Waals surface area (Å²) in [7, 11) is 0. The molecule has 0 aliphatic heterocycles. The number of hydroxylamine groups is 2. The molecule has 3 heteroatoms. The first kappa shape index (κ1) is 7.59. The van der Waals surface area contributed by atoms with Crippen molar-refractivity contribution < 1.29 is 9.86 Å². The van der Waals surface area contributed by atoms with E-state index in [0.29, 0.717) is 6.54 Å². The highest BCUT2D eigenvalue weighted by Gasteiger charge is 1.98. The molecule has 0 saturated carbocycles. The van der Waals surface area contributed by atoms with Gasteiger partial charge in [-0.1, -0.05) is 6.92 Å². The highest BCUT2D eigenvalue weighted by molar-refractivity contribution is 5.63. The maximum atomic E-state index is 10.4. The summed E-state index contributed by atoms with van der Waals surface area (Å²) in [5.74, 6) is -0.327. The van der Waals surface area contributed by atoms with E-state index in [-0.39, 0.29) is 11.0 Å². The van der Waals surface area contributed by atoms with E-state index >= 15 is 0 Å². The molecule has 1 N–H and O–H groups in total. The smallest absolute Gasteiger partial charge is 0.308 e. The molecule has 0 fully saturated rings. The molecule has 0 saturated heterocycles. The van der Waals surface area contributed by atoms with Crippen LogP contribution in [-0.2, 0) is 4.79 Å². The number of amides is 1.